The molecule has 0 atom stereocenters. The highest BCUT2D eigenvalue weighted by Crippen LogP contribution is 2.33. The summed E-state index contributed by atoms with van der Waals surface area (Å²) in [5.41, 5.74) is 5.15. The van der Waals surface area contributed by atoms with Crippen LogP contribution < -0.4 is 0 Å². The SMILES string of the molecule is COOSc1ccc(-c2[nH]c(C)cc2-c2ccc(F)cc2)cc1. The first-order valence-electron chi connectivity index (χ1n) is 7.10. The number of rotatable bonds is 5. The fourth-order valence-electron chi connectivity index (χ4n) is 2.42. The number of H-pyrrole nitrogens is 1. The van der Waals surface area contributed by atoms with Gasteiger partial charge >= 0.3 is 0 Å². The van der Waals surface area contributed by atoms with Gasteiger partial charge in [-0.1, -0.05) is 24.3 Å². The molecule has 3 aromatic rings. The molecule has 23 heavy (non-hydrogen) atoms. The fourth-order valence-corrected chi connectivity index (χ4v) is 2.82. The quantitative estimate of drug-likeness (QED) is 0.387. The van der Waals surface area contributed by atoms with Crippen molar-refractivity contribution in [1.82, 2.24) is 4.98 Å². The molecule has 3 nitrogen and oxygen atoms in total. The van der Waals surface area contributed by atoms with Crippen LogP contribution in [0, 0.1) is 12.7 Å². The van der Waals surface area contributed by atoms with Gasteiger partial charge in [-0.15, -0.1) is 0 Å². The molecule has 0 spiro atoms. The molecule has 1 aromatic heterocycles. The Morgan fingerprint density at radius 3 is 2.26 bits per heavy atom. The highest BCUT2D eigenvalue weighted by molar-refractivity contribution is 7.94. The lowest BCUT2D eigenvalue weighted by molar-refractivity contribution is -0.160. The molecule has 5 heteroatoms. The summed E-state index contributed by atoms with van der Waals surface area (Å²) >= 11 is 1.16. The number of halogens is 1. The van der Waals surface area contributed by atoms with E-state index in [4.69, 9.17) is 4.33 Å². The zero-order valence-electron chi connectivity index (χ0n) is 12.8. The Balaban J connectivity index is 1.95. The molecule has 0 aliphatic carbocycles. The molecular formula is C18H16FNO2S. The van der Waals surface area contributed by atoms with E-state index in [0.29, 0.717) is 0 Å². The average molecular weight is 329 g/mol. The van der Waals surface area contributed by atoms with Crippen LogP contribution in [0.25, 0.3) is 22.4 Å². The molecule has 0 aliphatic rings. The summed E-state index contributed by atoms with van der Waals surface area (Å²) in [6.45, 7) is 2.01. The van der Waals surface area contributed by atoms with Crippen LogP contribution in [0.3, 0.4) is 0 Å². The number of aryl methyl sites for hydroxylation is 1. The van der Waals surface area contributed by atoms with E-state index in [-0.39, 0.29) is 5.82 Å². The Kier molecular flexibility index (Phi) is 4.81. The Bertz CT molecular complexity index is 782. The smallest absolute Gasteiger partial charge is 0.123 e. The summed E-state index contributed by atoms with van der Waals surface area (Å²) in [4.78, 5) is 8.90. The van der Waals surface area contributed by atoms with Crippen LogP contribution in [0.2, 0.25) is 0 Å². The molecule has 0 aliphatic heterocycles. The lowest BCUT2D eigenvalue weighted by Crippen LogP contribution is -1.84. The van der Waals surface area contributed by atoms with Crippen molar-refractivity contribution < 1.29 is 13.6 Å². The van der Waals surface area contributed by atoms with Gasteiger partial charge in [0, 0.05) is 16.2 Å². The third-order valence-electron chi connectivity index (χ3n) is 3.45. The summed E-state index contributed by atoms with van der Waals surface area (Å²) in [6.07, 6.45) is 0. The maximum absolute atomic E-state index is 13.1. The van der Waals surface area contributed by atoms with Crippen molar-refractivity contribution in [2.45, 2.75) is 11.8 Å². The van der Waals surface area contributed by atoms with Crippen LogP contribution in [0.4, 0.5) is 4.39 Å². The number of hydrogen-bond donors (Lipinski definition) is 1. The Labute approximate surface area is 138 Å². The third-order valence-corrected chi connectivity index (χ3v) is 4.12. The second-order valence-electron chi connectivity index (χ2n) is 5.09. The molecule has 118 valence electrons. The number of aromatic nitrogens is 1. The van der Waals surface area contributed by atoms with Gasteiger partial charge in [0.25, 0.3) is 0 Å². The van der Waals surface area contributed by atoms with E-state index in [1.807, 2.05) is 31.2 Å². The minimum Gasteiger partial charge on any atom is -0.358 e. The Morgan fingerprint density at radius 1 is 0.957 bits per heavy atom. The molecule has 0 unspecified atom stereocenters. The summed E-state index contributed by atoms with van der Waals surface area (Å²) < 4.78 is 18.0. The third kappa shape index (κ3) is 3.64. The van der Waals surface area contributed by atoms with Crippen molar-refractivity contribution in [1.29, 1.82) is 0 Å². The van der Waals surface area contributed by atoms with Crippen LogP contribution >= 0.6 is 12.0 Å². The summed E-state index contributed by atoms with van der Waals surface area (Å²) in [6, 6.07) is 16.6. The molecule has 3 rings (SSSR count). The first-order valence-corrected chi connectivity index (χ1v) is 7.85. The van der Waals surface area contributed by atoms with Crippen LogP contribution in [-0.2, 0) is 9.22 Å². The summed E-state index contributed by atoms with van der Waals surface area (Å²) in [5.74, 6) is -0.234. The monoisotopic (exact) mass is 329 g/mol. The van der Waals surface area contributed by atoms with Crippen molar-refractivity contribution in [3.8, 4) is 22.4 Å². The summed E-state index contributed by atoms with van der Waals surface area (Å²) in [7, 11) is 1.47. The van der Waals surface area contributed by atoms with Crippen LogP contribution in [0.15, 0.2) is 59.5 Å². The van der Waals surface area contributed by atoms with Gasteiger partial charge in [-0.2, -0.15) is 4.33 Å². The van der Waals surface area contributed by atoms with E-state index < -0.39 is 0 Å². The van der Waals surface area contributed by atoms with E-state index in [1.165, 1.54) is 19.2 Å². The molecule has 0 fully saturated rings. The van der Waals surface area contributed by atoms with E-state index in [1.54, 1.807) is 12.1 Å². The molecule has 0 radical (unpaired) electrons. The van der Waals surface area contributed by atoms with Gasteiger partial charge in [0.1, 0.15) is 5.82 Å². The number of hydrogen-bond acceptors (Lipinski definition) is 3. The van der Waals surface area contributed by atoms with Gasteiger partial charge < -0.3 is 4.98 Å². The largest absolute Gasteiger partial charge is 0.358 e. The van der Waals surface area contributed by atoms with E-state index in [2.05, 4.69) is 15.9 Å². The van der Waals surface area contributed by atoms with Gasteiger partial charge in [0.15, 0.2) is 0 Å². The Morgan fingerprint density at radius 2 is 1.61 bits per heavy atom. The van der Waals surface area contributed by atoms with Gasteiger partial charge in [-0.05, 0) is 48.4 Å². The molecule has 0 bridgehead atoms. The second kappa shape index (κ2) is 7.00. The molecular weight excluding hydrogens is 313 g/mol. The standard InChI is InChI=1S/C18H16FNO2S/c1-12-11-17(13-3-7-15(19)8-4-13)18(20-12)14-5-9-16(10-6-14)23-22-21-2/h3-11,20H,1-2H3. The van der Waals surface area contributed by atoms with Crippen molar-refractivity contribution in [2.75, 3.05) is 7.11 Å². The summed E-state index contributed by atoms with van der Waals surface area (Å²) in [5, 5.41) is 0. The lowest BCUT2D eigenvalue weighted by atomic mass is 10.0. The van der Waals surface area contributed by atoms with Gasteiger partial charge in [-0.3, -0.25) is 0 Å². The van der Waals surface area contributed by atoms with Crippen molar-refractivity contribution in [2.24, 2.45) is 0 Å². The lowest BCUT2D eigenvalue weighted by Gasteiger charge is -2.06. The predicted molar refractivity (Wildman–Crippen MR) is 90.3 cm³/mol. The number of benzene rings is 2. The molecule has 2 aromatic carbocycles. The molecule has 1 N–H and O–H groups in total. The normalized spacial score (nSPS) is 10.9. The van der Waals surface area contributed by atoms with E-state index in [0.717, 1.165) is 45.0 Å². The zero-order valence-corrected chi connectivity index (χ0v) is 13.6. The average Bonchev–Trinajstić information content (AvgIpc) is 2.96. The molecule has 0 saturated carbocycles. The van der Waals surface area contributed by atoms with Crippen molar-refractivity contribution >= 4 is 12.0 Å². The van der Waals surface area contributed by atoms with Gasteiger partial charge in [0.05, 0.1) is 24.8 Å². The van der Waals surface area contributed by atoms with Gasteiger partial charge in [-0.25, -0.2) is 9.28 Å². The predicted octanol–water partition coefficient (Wildman–Crippen LogP) is 5.38. The molecule has 0 amide bonds. The maximum Gasteiger partial charge on any atom is 0.123 e. The fraction of sp³-hybridized carbons (Fsp3) is 0.111. The number of aromatic amines is 1. The number of nitrogens with one attached hydrogen (secondary N) is 1. The first-order chi connectivity index (χ1) is 11.2. The van der Waals surface area contributed by atoms with Crippen molar-refractivity contribution in [3.63, 3.8) is 0 Å². The topological polar surface area (TPSA) is 34.2 Å². The van der Waals surface area contributed by atoms with Crippen molar-refractivity contribution in [3.05, 3.63) is 66.1 Å². The molecule has 0 saturated heterocycles. The highest BCUT2D eigenvalue weighted by atomic mass is 32.2. The minimum atomic E-state index is -0.234. The highest BCUT2D eigenvalue weighted by Gasteiger charge is 2.11. The van der Waals surface area contributed by atoms with E-state index >= 15 is 0 Å². The maximum atomic E-state index is 13.1. The first kappa shape index (κ1) is 15.8. The van der Waals surface area contributed by atoms with Gasteiger partial charge in [0.2, 0.25) is 0 Å². The molecule has 1 heterocycles. The van der Waals surface area contributed by atoms with E-state index in [9.17, 15) is 4.39 Å². The minimum absolute atomic E-state index is 0.234. The zero-order chi connectivity index (χ0) is 16.2. The van der Waals surface area contributed by atoms with Crippen LogP contribution in [0.5, 0.6) is 0 Å². The second-order valence-corrected chi connectivity index (χ2v) is 5.86. The van der Waals surface area contributed by atoms with Crippen LogP contribution in [0.1, 0.15) is 5.69 Å². The Hall–Kier alpha value is -2.08. The van der Waals surface area contributed by atoms with Crippen LogP contribution in [-0.4, -0.2) is 12.1 Å².